The number of nitro benzene ring substituents is 1. The van der Waals surface area contributed by atoms with Crippen LogP contribution in [0, 0.1) is 21.4 Å². The fraction of sp³-hybridized carbons (Fsp3) is 0.0526. The van der Waals surface area contributed by atoms with Crippen LogP contribution >= 0.6 is 0 Å². The molecule has 0 unspecified atom stereocenters. The van der Waals surface area contributed by atoms with E-state index >= 15 is 0 Å². The number of rotatable bonds is 5. The molecule has 2 heterocycles. The molecule has 3 rings (SSSR count). The molecule has 0 atom stereocenters. The van der Waals surface area contributed by atoms with Crippen molar-refractivity contribution in [2.45, 2.75) is 6.61 Å². The van der Waals surface area contributed by atoms with Gasteiger partial charge in [0.25, 0.3) is 5.69 Å². The summed E-state index contributed by atoms with van der Waals surface area (Å²) in [6, 6.07) is 13.7. The van der Waals surface area contributed by atoms with E-state index in [0.717, 1.165) is 11.6 Å². The van der Waals surface area contributed by atoms with E-state index in [2.05, 4.69) is 6.07 Å². The molecule has 7 nitrogen and oxygen atoms in total. The highest BCUT2D eigenvalue weighted by molar-refractivity contribution is 5.88. The zero-order valence-corrected chi connectivity index (χ0v) is 13.5. The Hall–Kier alpha value is -3.92. The number of carbonyl (C=O) groups is 1. The second-order valence-corrected chi connectivity index (χ2v) is 5.39. The Morgan fingerprint density at radius 1 is 1.27 bits per heavy atom. The van der Waals surface area contributed by atoms with E-state index < -0.39 is 10.9 Å². The fourth-order valence-electron chi connectivity index (χ4n) is 2.57. The summed E-state index contributed by atoms with van der Waals surface area (Å²) >= 11 is 0. The average molecular weight is 347 g/mol. The first-order chi connectivity index (χ1) is 12.6. The summed E-state index contributed by atoms with van der Waals surface area (Å²) in [5.74, 6) is -0.651. The van der Waals surface area contributed by atoms with Crippen LogP contribution in [0.1, 0.15) is 16.7 Å². The second kappa shape index (κ2) is 7.32. The highest BCUT2D eigenvalue weighted by Crippen LogP contribution is 2.20. The molecule has 3 aromatic rings. The molecule has 0 aliphatic rings. The quantitative estimate of drug-likeness (QED) is 0.305. The highest BCUT2D eigenvalue weighted by atomic mass is 16.6. The van der Waals surface area contributed by atoms with E-state index in [1.54, 1.807) is 35.0 Å². The molecule has 0 aliphatic carbocycles. The van der Waals surface area contributed by atoms with Crippen molar-refractivity contribution >= 4 is 23.2 Å². The highest BCUT2D eigenvalue weighted by Gasteiger charge is 2.12. The number of para-hydroxylation sites is 1. The number of hydrogen-bond donors (Lipinski definition) is 0. The molecule has 0 saturated carbocycles. The van der Waals surface area contributed by atoms with Crippen molar-refractivity contribution in [1.29, 1.82) is 5.26 Å². The lowest BCUT2D eigenvalue weighted by Crippen LogP contribution is -2.01. The summed E-state index contributed by atoms with van der Waals surface area (Å²) in [4.78, 5) is 22.4. The summed E-state index contributed by atoms with van der Waals surface area (Å²) in [5, 5.41) is 20.3. The number of pyridine rings is 1. The maximum Gasteiger partial charge on any atom is 0.331 e. The largest absolute Gasteiger partial charge is 0.458 e. The van der Waals surface area contributed by atoms with Gasteiger partial charge in [-0.1, -0.05) is 18.2 Å². The van der Waals surface area contributed by atoms with Crippen LogP contribution in [0.4, 0.5) is 5.69 Å². The number of hydrogen-bond acceptors (Lipinski definition) is 5. The van der Waals surface area contributed by atoms with Gasteiger partial charge in [0.05, 0.1) is 21.6 Å². The molecule has 0 N–H and O–H groups in total. The van der Waals surface area contributed by atoms with E-state index in [0.29, 0.717) is 16.7 Å². The van der Waals surface area contributed by atoms with Crippen molar-refractivity contribution in [2.24, 2.45) is 0 Å². The zero-order chi connectivity index (χ0) is 18.5. The number of nitriles is 1. The predicted molar refractivity (Wildman–Crippen MR) is 94.0 cm³/mol. The Labute approximate surface area is 148 Å². The molecule has 0 aliphatic heterocycles. The molecular weight excluding hydrogens is 334 g/mol. The van der Waals surface area contributed by atoms with E-state index in [1.807, 2.05) is 12.1 Å². The topological polar surface area (TPSA) is 97.6 Å². The standard InChI is InChI=1S/C19H13N3O4/c20-11-16-15(12-21-10-4-3-7-18(16)21)13-26-19(23)9-8-14-5-1-2-6-17(14)22(24)25/h1-10,12H,13H2. The van der Waals surface area contributed by atoms with Crippen LogP contribution in [-0.4, -0.2) is 15.3 Å². The molecule has 26 heavy (non-hydrogen) atoms. The normalized spacial score (nSPS) is 10.7. The van der Waals surface area contributed by atoms with Crippen molar-refractivity contribution in [1.82, 2.24) is 4.40 Å². The third-order valence-corrected chi connectivity index (χ3v) is 3.78. The van der Waals surface area contributed by atoms with Crippen molar-refractivity contribution in [3.63, 3.8) is 0 Å². The molecule has 0 amide bonds. The van der Waals surface area contributed by atoms with Crippen LogP contribution in [0.25, 0.3) is 11.6 Å². The molecule has 0 radical (unpaired) electrons. The van der Waals surface area contributed by atoms with Crippen molar-refractivity contribution in [3.05, 3.63) is 87.7 Å². The van der Waals surface area contributed by atoms with Crippen LogP contribution in [-0.2, 0) is 16.1 Å². The summed E-state index contributed by atoms with van der Waals surface area (Å²) < 4.78 is 6.94. The Morgan fingerprint density at radius 2 is 2.04 bits per heavy atom. The van der Waals surface area contributed by atoms with Gasteiger partial charge in [-0.2, -0.15) is 5.26 Å². The third-order valence-electron chi connectivity index (χ3n) is 3.78. The maximum atomic E-state index is 11.9. The van der Waals surface area contributed by atoms with Gasteiger partial charge in [0, 0.05) is 30.1 Å². The number of benzene rings is 1. The minimum Gasteiger partial charge on any atom is -0.458 e. The van der Waals surface area contributed by atoms with Gasteiger partial charge in [0.15, 0.2) is 0 Å². The Bertz CT molecular complexity index is 1060. The number of aromatic nitrogens is 1. The van der Waals surface area contributed by atoms with Gasteiger partial charge in [0.2, 0.25) is 0 Å². The van der Waals surface area contributed by atoms with E-state index in [1.165, 1.54) is 18.2 Å². The van der Waals surface area contributed by atoms with Gasteiger partial charge >= 0.3 is 5.97 Å². The Kier molecular flexibility index (Phi) is 4.76. The van der Waals surface area contributed by atoms with Gasteiger partial charge < -0.3 is 9.14 Å². The number of nitrogens with zero attached hydrogens (tertiary/aromatic N) is 3. The SMILES string of the molecule is N#Cc1c(COC(=O)C=Cc2ccccc2[N+](=O)[O-])cn2ccccc12. The van der Waals surface area contributed by atoms with E-state index in [-0.39, 0.29) is 12.3 Å². The molecule has 2 aromatic heterocycles. The third kappa shape index (κ3) is 3.44. The second-order valence-electron chi connectivity index (χ2n) is 5.39. The average Bonchev–Trinajstić information content (AvgIpc) is 3.02. The molecule has 1 aromatic carbocycles. The lowest BCUT2D eigenvalue weighted by molar-refractivity contribution is -0.385. The van der Waals surface area contributed by atoms with E-state index in [4.69, 9.17) is 4.74 Å². The van der Waals surface area contributed by atoms with Crippen LogP contribution in [0.3, 0.4) is 0 Å². The molecule has 0 fully saturated rings. The van der Waals surface area contributed by atoms with Crippen molar-refractivity contribution in [2.75, 3.05) is 0 Å². The molecule has 7 heteroatoms. The summed E-state index contributed by atoms with van der Waals surface area (Å²) in [5.41, 5.74) is 1.98. The number of ether oxygens (including phenoxy) is 1. The van der Waals surface area contributed by atoms with Crippen molar-refractivity contribution < 1.29 is 14.5 Å². The lowest BCUT2D eigenvalue weighted by Gasteiger charge is -2.00. The Balaban J connectivity index is 1.72. The van der Waals surface area contributed by atoms with Gasteiger partial charge in [-0.25, -0.2) is 4.79 Å². The smallest absolute Gasteiger partial charge is 0.331 e. The van der Waals surface area contributed by atoms with E-state index in [9.17, 15) is 20.2 Å². The van der Waals surface area contributed by atoms with Gasteiger partial charge in [-0.05, 0) is 24.3 Å². The number of nitro groups is 1. The van der Waals surface area contributed by atoms with Crippen LogP contribution < -0.4 is 0 Å². The number of esters is 1. The summed E-state index contributed by atoms with van der Waals surface area (Å²) in [6.45, 7) is -0.0649. The van der Waals surface area contributed by atoms with Gasteiger partial charge in [0.1, 0.15) is 12.7 Å². The van der Waals surface area contributed by atoms with Crippen LogP contribution in [0.5, 0.6) is 0 Å². The number of carbonyl (C=O) groups excluding carboxylic acids is 1. The molecule has 0 saturated heterocycles. The Morgan fingerprint density at radius 3 is 2.81 bits per heavy atom. The van der Waals surface area contributed by atoms with Crippen LogP contribution in [0.2, 0.25) is 0 Å². The first-order valence-electron chi connectivity index (χ1n) is 7.67. The molecule has 0 spiro atoms. The number of fused-ring (bicyclic) bond motifs is 1. The molecule has 128 valence electrons. The van der Waals surface area contributed by atoms with Gasteiger partial charge in [-0.15, -0.1) is 0 Å². The first-order valence-corrected chi connectivity index (χ1v) is 7.67. The molecular formula is C19H13N3O4. The summed E-state index contributed by atoms with van der Waals surface area (Å²) in [7, 11) is 0. The summed E-state index contributed by atoms with van der Waals surface area (Å²) in [6.07, 6.45) is 5.99. The van der Waals surface area contributed by atoms with Crippen LogP contribution in [0.15, 0.2) is 60.9 Å². The monoisotopic (exact) mass is 347 g/mol. The predicted octanol–water partition coefficient (Wildman–Crippen LogP) is 3.48. The fourth-order valence-corrected chi connectivity index (χ4v) is 2.57. The lowest BCUT2D eigenvalue weighted by atomic mass is 10.1. The minimum atomic E-state index is -0.651. The molecule has 0 bridgehead atoms. The maximum absolute atomic E-state index is 11.9. The van der Waals surface area contributed by atoms with Crippen molar-refractivity contribution in [3.8, 4) is 6.07 Å². The zero-order valence-electron chi connectivity index (χ0n) is 13.5. The first kappa shape index (κ1) is 16.9. The van der Waals surface area contributed by atoms with Gasteiger partial charge in [-0.3, -0.25) is 10.1 Å². The minimum absolute atomic E-state index is 0.0649.